The van der Waals surface area contributed by atoms with Crippen molar-refractivity contribution in [3.63, 3.8) is 0 Å². The maximum Gasteiger partial charge on any atom is 0.110 e. The Morgan fingerprint density at radius 2 is 2.05 bits per heavy atom. The van der Waals surface area contributed by atoms with E-state index >= 15 is 0 Å². The van der Waals surface area contributed by atoms with Crippen LogP contribution in [0.15, 0.2) is 5.38 Å². The summed E-state index contributed by atoms with van der Waals surface area (Å²) in [5.41, 5.74) is 7.21. The van der Waals surface area contributed by atoms with Crippen molar-refractivity contribution in [1.29, 1.82) is 0 Å². The molecular formula is C16H31N3S. The molecular weight excluding hydrogens is 266 g/mol. The number of nitrogens with zero attached hydrogens (tertiary/aromatic N) is 1. The van der Waals surface area contributed by atoms with Gasteiger partial charge in [-0.2, -0.15) is 0 Å². The predicted molar refractivity (Wildman–Crippen MR) is 89.1 cm³/mol. The van der Waals surface area contributed by atoms with Gasteiger partial charge in [0.05, 0.1) is 6.04 Å². The molecule has 0 aliphatic heterocycles. The summed E-state index contributed by atoms with van der Waals surface area (Å²) in [4.78, 5) is 4.53. The average Bonchev–Trinajstić information content (AvgIpc) is 2.78. The van der Waals surface area contributed by atoms with Crippen molar-refractivity contribution in [2.45, 2.75) is 59.9 Å². The van der Waals surface area contributed by atoms with Gasteiger partial charge in [-0.25, -0.2) is 4.98 Å². The molecule has 3 nitrogen and oxygen atoms in total. The second-order valence-corrected chi connectivity index (χ2v) is 7.68. The third kappa shape index (κ3) is 5.90. The fraction of sp³-hybridized carbons (Fsp3) is 0.812. The van der Waals surface area contributed by atoms with Crippen molar-refractivity contribution in [1.82, 2.24) is 10.3 Å². The molecule has 0 aliphatic carbocycles. The van der Waals surface area contributed by atoms with Gasteiger partial charge in [0.15, 0.2) is 0 Å². The zero-order valence-electron chi connectivity index (χ0n) is 13.7. The summed E-state index contributed by atoms with van der Waals surface area (Å²) in [5.74, 6) is 0.715. The molecule has 0 aliphatic rings. The van der Waals surface area contributed by atoms with Crippen LogP contribution in [-0.2, 0) is 0 Å². The lowest BCUT2D eigenvalue weighted by Crippen LogP contribution is -2.25. The Hall–Kier alpha value is -0.450. The minimum absolute atomic E-state index is 0.358. The van der Waals surface area contributed by atoms with Gasteiger partial charge < -0.3 is 11.1 Å². The molecule has 0 bridgehead atoms. The summed E-state index contributed by atoms with van der Waals surface area (Å²) >= 11 is 1.74. The van der Waals surface area contributed by atoms with Gasteiger partial charge >= 0.3 is 0 Å². The Morgan fingerprint density at radius 1 is 1.35 bits per heavy atom. The van der Waals surface area contributed by atoms with E-state index < -0.39 is 0 Å². The largest absolute Gasteiger partial charge is 0.330 e. The van der Waals surface area contributed by atoms with Gasteiger partial charge in [0.2, 0.25) is 0 Å². The Bertz CT molecular complexity index is 381. The molecule has 0 fully saturated rings. The number of hydrogen-bond donors (Lipinski definition) is 2. The normalized spacial score (nSPS) is 15.3. The predicted octanol–water partition coefficient (Wildman–Crippen LogP) is 3.89. The first-order valence-corrected chi connectivity index (χ1v) is 8.58. The molecule has 4 heteroatoms. The van der Waals surface area contributed by atoms with Crippen LogP contribution in [0.1, 0.15) is 63.7 Å². The molecule has 20 heavy (non-hydrogen) atoms. The molecule has 2 unspecified atom stereocenters. The highest BCUT2D eigenvalue weighted by atomic mass is 32.1. The lowest BCUT2D eigenvalue weighted by molar-refractivity contribution is 0.210. The van der Waals surface area contributed by atoms with Gasteiger partial charge in [-0.3, -0.25) is 0 Å². The summed E-state index contributed by atoms with van der Waals surface area (Å²) in [6.45, 7) is 13.1. The Morgan fingerprint density at radius 3 is 2.55 bits per heavy atom. The molecule has 0 aromatic carbocycles. The number of aromatic nitrogens is 1. The van der Waals surface area contributed by atoms with Crippen LogP contribution in [0.5, 0.6) is 0 Å². The van der Waals surface area contributed by atoms with E-state index in [9.17, 15) is 0 Å². The molecule has 116 valence electrons. The first-order chi connectivity index (χ1) is 9.34. The first kappa shape index (κ1) is 17.6. The standard InChI is InChI=1S/C16H31N3S/c1-12-11-20-15(19-12)13(2)18-10-6-7-14(8-9-17)16(3,4)5/h11,13-14,18H,6-10,17H2,1-5H3. The minimum atomic E-state index is 0.358. The number of rotatable bonds is 8. The summed E-state index contributed by atoms with van der Waals surface area (Å²) in [6.07, 6.45) is 3.58. The molecule has 0 spiro atoms. The zero-order chi connectivity index (χ0) is 15.2. The summed E-state index contributed by atoms with van der Waals surface area (Å²) in [5, 5.41) is 6.88. The number of thiazole rings is 1. The van der Waals surface area contributed by atoms with Crippen LogP contribution in [0.25, 0.3) is 0 Å². The minimum Gasteiger partial charge on any atom is -0.330 e. The zero-order valence-corrected chi connectivity index (χ0v) is 14.5. The Labute approximate surface area is 128 Å². The molecule has 0 amide bonds. The van der Waals surface area contributed by atoms with E-state index in [1.165, 1.54) is 17.8 Å². The molecule has 1 rings (SSSR count). The van der Waals surface area contributed by atoms with Crippen LogP contribution < -0.4 is 11.1 Å². The van der Waals surface area contributed by atoms with Crippen molar-refractivity contribution in [2.75, 3.05) is 13.1 Å². The van der Waals surface area contributed by atoms with Crippen LogP contribution in [0, 0.1) is 18.3 Å². The molecule has 0 radical (unpaired) electrons. The van der Waals surface area contributed by atoms with E-state index in [4.69, 9.17) is 5.73 Å². The monoisotopic (exact) mass is 297 g/mol. The average molecular weight is 298 g/mol. The number of nitrogens with two attached hydrogens (primary N) is 1. The summed E-state index contributed by atoms with van der Waals surface area (Å²) in [7, 11) is 0. The van der Waals surface area contributed by atoms with Crippen molar-refractivity contribution in [2.24, 2.45) is 17.1 Å². The first-order valence-electron chi connectivity index (χ1n) is 7.70. The number of hydrogen-bond acceptors (Lipinski definition) is 4. The maximum atomic E-state index is 5.73. The smallest absolute Gasteiger partial charge is 0.110 e. The van der Waals surface area contributed by atoms with E-state index in [1.807, 2.05) is 6.92 Å². The third-order valence-electron chi connectivity index (χ3n) is 3.93. The van der Waals surface area contributed by atoms with Crippen molar-refractivity contribution in [3.8, 4) is 0 Å². The van der Waals surface area contributed by atoms with Crippen LogP contribution in [-0.4, -0.2) is 18.1 Å². The SMILES string of the molecule is Cc1csc(C(C)NCCCC(CCN)C(C)(C)C)n1. The fourth-order valence-electron chi connectivity index (χ4n) is 2.54. The number of aryl methyl sites for hydroxylation is 1. The van der Waals surface area contributed by atoms with Crippen molar-refractivity contribution < 1.29 is 0 Å². The van der Waals surface area contributed by atoms with Gasteiger partial charge in [-0.15, -0.1) is 11.3 Å². The third-order valence-corrected chi connectivity index (χ3v) is 5.07. The van der Waals surface area contributed by atoms with Gasteiger partial charge in [-0.1, -0.05) is 20.8 Å². The molecule has 1 heterocycles. The van der Waals surface area contributed by atoms with Gasteiger partial charge in [0.25, 0.3) is 0 Å². The highest BCUT2D eigenvalue weighted by Crippen LogP contribution is 2.32. The highest BCUT2D eigenvalue weighted by Gasteiger charge is 2.23. The quantitative estimate of drug-likeness (QED) is 0.716. The lowest BCUT2D eigenvalue weighted by Gasteiger charge is -2.30. The Balaban J connectivity index is 2.29. The van der Waals surface area contributed by atoms with Crippen LogP contribution in [0.3, 0.4) is 0 Å². The van der Waals surface area contributed by atoms with Crippen molar-refractivity contribution >= 4 is 11.3 Å². The van der Waals surface area contributed by atoms with Gasteiger partial charge in [0, 0.05) is 11.1 Å². The molecule has 1 aromatic rings. The van der Waals surface area contributed by atoms with Crippen LogP contribution in [0.2, 0.25) is 0 Å². The summed E-state index contributed by atoms with van der Waals surface area (Å²) < 4.78 is 0. The topological polar surface area (TPSA) is 50.9 Å². The van der Waals surface area contributed by atoms with Crippen LogP contribution in [0.4, 0.5) is 0 Å². The summed E-state index contributed by atoms with van der Waals surface area (Å²) in [6, 6.07) is 0.358. The molecule has 3 N–H and O–H groups in total. The molecule has 1 aromatic heterocycles. The maximum absolute atomic E-state index is 5.73. The van der Waals surface area contributed by atoms with Gasteiger partial charge in [-0.05, 0) is 57.5 Å². The number of nitrogens with one attached hydrogen (secondary N) is 1. The molecule has 0 saturated heterocycles. The van der Waals surface area contributed by atoms with E-state index in [1.54, 1.807) is 11.3 Å². The lowest BCUT2D eigenvalue weighted by atomic mass is 9.76. The Kier molecular flexibility index (Phi) is 7.13. The van der Waals surface area contributed by atoms with Gasteiger partial charge in [0.1, 0.15) is 5.01 Å². The molecule has 2 atom stereocenters. The van der Waals surface area contributed by atoms with E-state index in [0.29, 0.717) is 17.4 Å². The van der Waals surface area contributed by atoms with E-state index in [0.717, 1.165) is 25.2 Å². The highest BCUT2D eigenvalue weighted by molar-refractivity contribution is 7.09. The fourth-order valence-corrected chi connectivity index (χ4v) is 3.37. The van der Waals surface area contributed by atoms with Crippen molar-refractivity contribution in [3.05, 3.63) is 16.1 Å². The van der Waals surface area contributed by atoms with E-state index in [2.05, 4.69) is 43.4 Å². The second kappa shape index (κ2) is 8.11. The van der Waals surface area contributed by atoms with E-state index in [-0.39, 0.29) is 0 Å². The molecule has 0 saturated carbocycles. The second-order valence-electron chi connectivity index (χ2n) is 6.79. The van der Waals surface area contributed by atoms with Crippen LogP contribution >= 0.6 is 11.3 Å².